The average Bonchev–Trinajstić information content (AvgIpc) is 2.65. The molecule has 0 amide bonds. The number of carbonyl (C=O) groups excluding carboxylic acids is 2. The Morgan fingerprint density at radius 1 is 1.44 bits per heavy atom. The van der Waals surface area contributed by atoms with Crippen LogP contribution >= 0.6 is 0 Å². The largest absolute Gasteiger partial charge is 0.487 e. The summed E-state index contributed by atoms with van der Waals surface area (Å²) < 4.78 is 11.0. The van der Waals surface area contributed by atoms with Gasteiger partial charge in [-0.15, -0.1) is 0 Å². The van der Waals surface area contributed by atoms with Crippen LogP contribution in [0.5, 0.6) is 5.75 Å². The molecule has 0 saturated carbocycles. The molecule has 6 heteroatoms. The monoisotopic (exact) mass is 370 g/mol. The number of nitrogens with zero attached hydrogens (tertiary/aromatic N) is 2. The molecule has 0 radical (unpaired) electrons. The van der Waals surface area contributed by atoms with E-state index in [0.717, 1.165) is 30.7 Å². The van der Waals surface area contributed by atoms with Crippen LogP contribution in [0.1, 0.15) is 37.8 Å². The van der Waals surface area contributed by atoms with Crippen molar-refractivity contribution in [3.63, 3.8) is 0 Å². The summed E-state index contributed by atoms with van der Waals surface area (Å²) in [5.41, 5.74) is 1.40. The summed E-state index contributed by atoms with van der Waals surface area (Å²) in [7, 11) is 1.32. The molecule has 0 bridgehead atoms. The Bertz CT molecular complexity index is 773. The summed E-state index contributed by atoms with van der Waals surface area (Å²) in [5.74, 6) is -0.00243. The van der Waals surface area contributed by atoms with Gasteiger partial charge in [-0.3, -0.25) is 9.59 Å². The van der Waals surface area contributed by atoms with Gasteiger partial charge in [0.1, 0.15) is 23.1 Å². The van der Waals surface area contributed by atoms with Gasteiger partial charge in [0.2, 0.25) is 0 Å². The molecule has 144 valence electrons. The minimum Gasteiger partial charge on any atom is -0.487 e. The van der Waals surface area contributed by atoms with Crippen LogP contribution in [0.2, 0.25) is 0 Å². The highest BCUT2D eigenvalue weighted by Crippen LogP contribution is 2.39. The summed E-state index contributed by atoms with van der Waals surface area (Å²) in [4.78, 5) is 26.0. The number of esters is 1. The first-order valence-corrected chi connectivity index (χ1v) is 9.39. The molecule has 1 aromatic rings. The molecule has 27 heavy (non-hydrogen) atoms. The van der Waals surface area contributed by atoms with E-state index in [0.29, 0.717) is 25.1 Å². The Morgan fingerprint density at radius 2 is 2.22 bits per heavy atom. The number of likely N-dealkylation sites (tertiary alicyclic amines) is 1. The molecule has 1 saturated heterocycles. The van der Waals surface area contributed by atoms with Crippen LogP contribution in [0.3, 0.4) is 0 Å². The highest BCUT2D eigenvalue weighted by atomic mass is 16.5. The maximum absolute atomic E-state index is 12.0. The number of ether oxygens (including phenoxy) is 2. The second kappa shape index (κ2) is 7.69. The second-order valence-corrected chi connectivity index (χ2v) is 7.92. The van der Waals surface area contributed by atoms with Gasteiger partial charge in [0.25, 0.3) is 0 Å². The maximum atomic E-state index is 12.0. The van der Waals surface area contributed by atoms with E-state index in [9.17, 15) is 9.59 Å². The number of fused-ring (bicyclic) bond motifs is 1. The van der Waals surface area contributed by atoms with Gasteiger partial charge in [-0.05, 0) is 57.0 Å². The molecule has 2 aliphatic rings. The number of piperidine rings is 1. The SMILES string of the molecule is COC(=O)C1CN(CCC2Cc3cc(C#N)ccc3OC2(C)C)CCC1=O. The van der Waals surface area contributed by atoms with Gasteiger partial charge in [0.05, 0.1) is 18.7 Å². The highest BCUT2D eigenvalue weighted by Gasteiger charge is 2.38. The lowest BCUT2D eigenvalue weighted by Crippen LogP contribution is -2.47. The van der Waals surface area contributed by atoms with E-state index in [-0.39, 0.29) is 17.3 Å². The quantitative estimate of drug-likeness (QED) is 0.598. The number of hydrogen-bond acceptors (Lipinski definition) is 6. The van der Waals surface area contributed by atoms with Crippen molar-refractivity contribution in [2.45, 2.75) is 38.7 Å². The first-order valence-electron chi connectivity index (χ1n) is 9.39. The average molecular weight is 370 g/mol. The topological polar surface area (TPSA) is 79.6 Å². The lowest BCUT2D eigenvalue weighted by atomic mass is 9.80. The number of benzene rings is 1. The van der Waals surface area contributed by atoms with Crippen molar-refractivity contribution in [1.29, 1.82) is 5.26 Å². The third kappa shape index (κ3) is 4.14. The fraction of sp³-hybridized carbons (Fsp3) is 0.571. The minimum absolute atomic E-state index is 0.0302. The van der Waals surface area contributed by atoms with Crippen LogP contribution in [-0.2, 0) is 20.7 Å². The Labute approximate surface area is 160 Å². The summed E-state index contributed by atoms with van der Waals surface area (Å²) in [5, 5.41) is 9.13. The van der Waals surface area contributed by atoms with Crippen molar-refractivity contribution in [2.24, 2.45) is 11.8 Å². The third-order valence-corrected chi connectivity index (χ3v) is 5.80. The van der Waals surface area contributed by atoms with Gasteiger partial charge in [-0.25, -0.2) is 0 Å². The Hall–Kier alpha value is -2.39. The molecule has 3 rings (SSSR count). The standard InChI is InChI=1S/C21H26N2O4/c1-21(2)16(11-15-10-14(12-22)4-5-19(15)27-21)6-8-23-9-7-18(24)17(13-23)20(25)26-3/h4-5,10,16-17H,6-9,11,13H2,1-3H3. The van der Waals surface area contributed by atoms with E-state index in [1.165, 1.54) is 7.11 Å². The molecule has 0 aromatic heterocycles. The smallest absolute Gasteiger partial charge is 0.317 e. The summed E-state index contributed by atoms with van der Waals surface area (Å²) in [6.45, 7) is 6.08. The molecule has 2 aliphatic heterocycles. The zero-order chi connectivity index (χ0) is 19.6. The van der Waals surface area contributed by atoms with Gasteiger partial charge in [0.15, 0.2) is 0 Å². The van der Waals surface area contributed by atoms with Crippen molar-refractivity contribution < 1.29 is 19.1 Å². The number of Topliss-reactive ketones (excluding diaryl/α,β-unsaturated/α-hetero) is 1. The van der Waals surface area contributed by atoms with Crippen LogP contribution in [0.4, 0.5) is 0 Å². The number of nitriles is 1. The summed E-state index contributed by atoms with van der Waals surface area (Å²) in [6, 6.07) is 7.75. The van der Waals surface area contributed by atoms with Gasteiger partial charge in [-0.2, -0.15) is 5.26 Å². The second-order valence-electron chi connectivity index (χ2n) is 7.92. The van der Waals surface area contributed by atoms with E-state index in [2.05, 4.69) is 24.8 Å². The van der Waals surface area contributed by atoms with Crippen molar-refractivity contribution in [3.8, 4) is 11.8 Å². The van der Waals surface area contributed by atoms with Crippen LogP contribution in [0.25, 0.3) is 0 Å². The molecule has 1 fully saturated rings. The van der Waals surface area contributed by atoms with E-state index in [1.54, 1.807) is 6.07 Å². The Kier molecular flexibility index (Phi) is 5.52. The molecule has 2 atom stereocenters. The number of carbonyl (C=O) groups is 2. The zero-order valence-corrected chi connectivity index (χ0v) is 16.2. The number of methoxy groups -OCH3 is 1. The van der Waals surface area contributed by atoms with E-state index in [1.807, 2.05) is 12.1 Å². The first kappa shape index (κ1) is 19.4. The Morgan fingerprint density at radius 3 is 2.93 bits per heavy atom. The van der Waals surface area contributed by atoms with Crippen molar-refractivity contribution >= 4 is 11.8 Å². The van der Waals surface area contributed by atoms with Crippen molar-refractivity contribution in [1.82, 2.24) is 4.90 Å². The molecule has 6 nitrogen and oxygen atoms in total. The zero-order valence-electron chi connectivity index (χ0n) is 16.2. The highest BCUT2D eigenvalue weighted by molar-refractivity contribution is 5.99. The van der Waals surface area contributed by atoms with Gasteiger partial charge >= 0.3 is 5.97 Å². The summed E-state index contributed by atoms with van der Waals surface area (Å²) in [6.07, 6.45) is 2.13. The molecule has 2 heterocycles. The normalized spacial score (nSPS) is 24.4. The molecule has 0 spiro atoms. The molecule has 2 unspecified atom stereocenters. The maximum Gasteiger partial charge on any atom is 0.317 e. The molecule has 1 aromatic carbocycles. The van der Waals surface area contributed by atoms with E-state index in [4.69, 9.17) is 14.7 Å². The van der Waals surface area contributed by atoms with Crippen LogP contribution in [0.15, 0.2) is 18.2 Å². The fourth-order valence-corrected chi connectivity index (χ4v) is 4.02. The fourth-order valence-electron chi connectivity index (χ4n) is 4.02. The third-order valence-electron chi connectivity index (χ3n) is 5.80. The van der Waals surface area contributed by atoms with Crippen LogP contribution in [-0.4, -0.2) is 49.0 Å². The van der Waals surface area contributed by atoms with Gasteiger partial charge in [0, 0.05) is 25.4 Å². The molecule has 0 aliphatic carbocycles. The van der Waals surface area contributed by atoms with E-state index >= 15 is 0 Å². The van der Waals surface area contributed by atoms with E-state index < -0.39 is 11.9 Å². The van der Waals surface area contributed by atoms with Crippen LogP contribution in [0, 0.1) is 23.2 Å². The number of rotatable bonds is 4. The van der Waals surface area contributed by atoms with Crippen molar-refractivity contribution in [3.05, 3.63) is 29.3 Å². The molecule has 0 N–H and O–H groups in total. The van der Waals surface area contributed by atoms with Gasteiger partial charge < -0.3 is 14.4 Å². The van der Waals surface area contributed by atoms with Crippen molar-refractivity contribution in [2.75, 3.05) is 26.7 Å². The lowest BCUT2D eigenvalue weighted by molar-refractivity contribution is -0.151. The number of hydrogen-bond donors (Lipinski definition) is 0. The molecular weight excluding hydrogens is 344 g/mol. The lowest BCUT2D eigenvalue weighted by Gasteiger charge is -2.41. The van der Waals surface area contributed by atoms with Gasteiger partial charge in [-0.1, -0.05) is 0 Å². The molecular formula is C21H26N2O4. The Balaban J connectivity index is 1.65. The minimum atomic E-state index is -0.668. The summed E-state index contributed by atoms with van der Waals surface area (Å²) >= 11 is 0. The van der Waals surface area contributed by atoms with Crippen LogP contribution < -0.4 is 4.74 Å². The predicted molar refractivity (Wildman–Crippen MR) is 99.2 cm³/mol. The predicted octanol–water partition coefficient (Wildman–Crippen LogP) is 2.34. The first-order chi connectivity index (χ1) is 12.8. The number of ketones is 1.